The standard InChI is InChI=1S/C26H27N3O4S2/c1-7-32-24(30)20-16(3)21(25(31)33-26(4,5)6)35-23(20)28-13-18(12-27)22-29-19(14-34-22)17-10-8-15(2)9-11-17/h8-11,13-14,28H,7H2,1-6H3/b18-13-. The fourth-order valence-electron chi connectivity index (χ4n) is 3.12. The van der Waals surface area contributed by atoms with Crippen molar-refractivity contribution in [3.8, 4) is 17.3 Å². The second-order valence-electron chi connectivity index (χ2n) is 8.70. The van der Waals surface area contributed by atoms with Crippen LogP contribution in [0, 0.1) is 25.2 Å². The molecule has 2 aromatic heterocycles. The largest absolute Gasteiger partial charge is 0.462 e. The van der Waals surface area contributed by atoms with E-state index in [9.17, 15) is 14.9 Å². The fraction of sp³-hybridized carbons (Fsp3) is 0.308. The lowest BCUT2D eigenvalue weighted by molar-refractivity contribution is 0.00745. The molecule has 0 saturated carbocycles. The van der Waals surface area contributed by atoms with Crippen molar-refractivity contribution in [2.45, 2.75) is 47.1 Å². The summed E-state index contributed by atoms with van der Waals surface area (Å²) in [6.07, 6.45) is 1.49. The number of thiazole rings is 1. The minimum Gasteiger partial charge on any atom is -0.462 e. The molecule has 0 saturated heterocycles. The Morgan fingerprint density at radius 1 is 1.17 bits per heavy atom. The van der Waals surface area contributed by atoms with Crippen molar-refractivity contribution in [1.82, 2.24) is 4.98 Å². The van der Waals surface area contributed by atoms with Gasteiger partial charge >= 0.3 is 11.9 Å². The summed E-state index contributed by atoms with van der Waals surface area (Å²) < 4.78 is 10.7. The first-order valence-corrected chi connectivity index (χ1v) is 12.7. The summed E-state index contributed by atoms with van der Waals surface area (Å²) in [6.45, 7) is 10.9. The van der Waals surface area contributed by atoms with Gasteiger partial charge in [-0.2, -0.15) is 5.26 Å². The van der Waals surface area contributed by atoms with Gasteiger partial charge < -0.3 is 14.8 Å². The lowest BCUT2D eigenvalue weighted by atomic mass is 10.1. The summed E-state index contributed by atoms with van der Waals surface area (Å²) in [7, 11) is 0. The molecule has 3 rings (SSSR count). The first kappa shape index (κ1) is 26.1. The summed E-state index contributed by atoms with van der Waals surface area (Å²) in [5.41, 5.74) is 3.22. The molecular formula is C26H27N3O4S2. The minimum absolute atomic E-state index is 0.190. The number of thiophene rings is 1. The molecule has 0 aliphatic rings. The fourth-order valence-corrected chi connectivity index (χ4v) is 4.95. The molecule has 1 N–H and O–H groups in total. The third-order valence-electron chi connectivity index (χ3n) is 4.76. The van der Waals surface area contributed by atoms with Gasteiger partial charge in [0.25, 0.3) is 0 Å². The maximum absolute atomic E-state index is 12.7. The Labute approximate surface area is 213 Å². The Hall–Kier alpha value is -3.48. The maximum Gasteiger partial charge on any atom is 0.349 e. The first-order chi connectivity index (χ1) is 16.5. The number of carbonyl (C=O) groups is 2. The average Bonchev–Trinajstić information content (AvgIpc) is 3.39. The Morgan fingerprint density at radius 3 is 2.46 bits per heavy atom. The van der Waals surface area contributed by atoms with Gasteiger partial charge in [0.1, 0.15) is 32.1 Å². The minimum atomic E-state index is -0.681. The van der Waals surface area contributed by atoms with Crippen LogP contribution in [0.4, 0.5) is 5.00 Å². The zero-order chi connectivity index (χ0) is 25.8. The molecule has 0 bridgehead atoms. The summed E-state index contributed by atoms with van der Waals surface area (Å²) in [5.74, 6) is -1.08. The van der Waals surface area contributed by atoms with Crippen molar-refractivity contribution in [3.63, 3.8) is 0 Å². The van der Waals surface area contributed by atoms with Crippen LogP contribution in [0.2, 0.25) is 0 Å². The molecule has 3 aromatic rings. The zero-order valence-corrected chi connectivity index (χ0v) is 22.1. The number of anilines is 1. The lowest BCUT2D eigenvalue weighted by Gasteiger charge is -2.19. The second-order valence-corrected chi connectivity index (χ2v) is 10.6. The van der Waals surface area contributed by atoms with E-state index < -0.39 is 17.5 Å². The number of aromatic nitrogens is 1. The van der Waals surface area contributed by atoms with Crippen molar-refractivity contribution >= 4 is 45.2 Å². The van der Waals surface area contributed by atoms with Crippen molar-refractivity contribution in [2.75, 3.05) is 11.9 Å². The number of hydrogen-bond donors (Lipinski definition) is 1. The molecule has 9 heteroatoms. The van der Waals surface area contributed by atoms with Crippen LogP contribution >= 0.6 is 22.7 Å². The number of nitrogens with one attached hydrogen (secondary N) is 1. The topological polar surface area (TPSA) is 101 Å². The number of carbonyl (C=O) groups excluding carboxylic acids is 2. The molecule has 7 nitrogen and oxygen atoms in total. The number of ether oxygens (including phenoxy) is 2. The molecule has 0 amide bonds. The molecule has 0 aliphatic heterocycles. The van der Waals surface area contributed by atoms with Crippen LogP contribution in [0.25, 0.3) is 16.8 Å². The van der Waals surface area contributed by atoms with E-state index in [-0.39, 0.29) is 12.2 Å². The molecule has 182 valence electrons. The Morgan fingerprint density at radius 2 is 1.86 bits per heavy atom. The smallest absolute Gasteiger partial charge is 0.349 e. The number of hydrogen-bond acceptors (Lipinski definition) is 9. The molecule has 2 heterocycles. The summed E-state index contributed by atoms with van der Waals surface area (Å²) in [4.78, 5) is 30.3. The SMILES string of the molecule is CCOC(=O)c1c(N/C=C(/C#N)c2nc(-c3ccc(C)cc3)cs2)sc(C(=O)OC(C)(C)C)c1C. The van der Waals surface area contributed by atoms with Crippen LogP contribution < -0.4 is 5.32 Å². The highest BCUT2D eigenvalue weighted by Crippen LogP contribution is 2.35. The molecule has 0 unspecified atom stereocenters. The molecule has 0 spiro atoms. The van der Waals surface area contributed by atoms with E-state index in [0.29, 0.717) is 26.0 Å². The van der Waals surface area contributed by atoms with Crippen LogP contribution in [0.3, 0.4) is 0 Å². The molecular weight excluding hydrogens is 482 g/mol. The average molecular weight is 510 g/mol. The number of rotatable bonds is 7. The van der Waals surface area contributed by atoms with Gasteiger partial charge in [0, 0.05) is 17.1 Å². The van der Waals surface area contributed by atoms with E-state index in [4.69, 9.17) is 9.47 Å². The van der Waals surface area contributed by atoms with Gasteiger partial charge in [-0.15, -0.1) is 22.7 Å². The molecule has 0 aliphatic carbocycles. The van der Waals surface area contributed by atoms with Gasteiger partial charge in [-0.1, -0.05) is 29.8 Å². The number of nitriles is 1. The highest BCUT2D eigenvalue weighted by atomic mass is 32.1. The van der Waals surface area contributed by atoms with Crippen LogP contribution in [0.1, 0.15) is 63.9 Å². The van der Waals surface area contributed by atoms with E-state index in [1.165, 1.54) is 17.5 Å². The zero-order valence-electron chi connectivity index (χ0n) is 20.5. The Balaban J connectivity index is 1.94. The third kappa shape index (κ3) is 6.35. The number of allylic oxidation sites excluding steroid dienone is 1. The van der Waals surface area contributed by atoms with Crippen molar-refractivity contribution in [1.29, 1.82) is 5.26 Å². The van der Waals surface area contributed by atoms with Gasteiger partial charge in [-0.3, -0.25) is 0 Å². The van der Waals surface area contributed by atoms with E-state index in [0.717, 1.165) is 28.2 Å². The van der Waals surface area contributed by atoms with Crippen LogP contribution in [0.5, 0.6) is 0 Å². The van der Waals surface area contributed by atoms with Crippen LogP contribution in [-0.2, 0) is 9.47 Å². The van der Waals surface area contributed by atoms with Crippen LogP contribution in [-0.4, -0.2) is 29.1 Å². The first-order valence-electron chi connectivity index (χ1n) is 11.0. The normalized spacial score (nSPS) is 11.6. The lowest BCUT2D eigenvalue weighted by Crippen LogP contribution is -2.23. The van der Waals surface area contributed by atoms with Crippen molar-refractivity contribution < 1.29 is 19.1 Å². The molecule has 0 fully saturated rings. The number of benzene rings is 1. The van der Waals surface area contributed by atoms with E-state index in [1.807, 2.05) is 36.6 Å². The van der Waals surface area contributed by atoms with Crippen LogP contribution in [0.15, 0.2) is 35.8 Å². The molecule has 1 aromatic carbocycles. The Kier molecular flexibility index (Phi) is 8.10. The van der Waals surface area contributed by atoms with Crippen molar-refractivity contribution in [3.05, 3.63) is 62.4 Å². The van der Waals surface area contributed by atoms with E-state index in [2.05, 4.69) is 16.4 Å². The van der Waals surface area contributed by atoms with E-state index >= 15 is 0 Å². The van der Waals surface area contributed by atoms with Gasteiger partial charge in [-0.05, 0) is 47.1 Å². The van der Waals surface area contributed by atoms with Gasteiger partial charge in [0.05, 0.1) is 17.9 Å². The van der Waals surface area contributed by atoms with E-state index in [1.54, 1.807) is 34.6 Å². The number of aryl methyl sites for hydroxylation is 1. The summed E-state index contributed by atoms with van der Waals surface area (Å²) in [5, 5.41) is 15.6. The quantitative estimate of drug-likeness (QED) is 0.283. The monoisotopic (exact) mass is 509 g/mol. The highest BCUT2D eigenvalue weighted by Gasteiger charge is 2.28. The van der Waals surface area contributed by atoms with Gasteiger partial charge in [0.2, 0.25) is 0 Å². The molecule has 0 radical (unpaired) electrons. The summed E-state index contributed by atoms with van der Waals surface area (Å²) >= 11 is 2.43. The Bertz CT molecular complexity index is 1310. The predicted molar refractivity (Wildman–Crippen MR) is 140 cm³/mol. The highest BCUT2D eigenvalue weighted by molar-refractivity contribution is 7.18. The maximum atomic E-state index is 12.7. The van der Waals surface area contributed by atoms with Gasteiger partial charge in [0.15, 0.2) is 0 Å². The molecule has 35 heavy (non-hydrogen) atoms. The van der Waals surface area contributed by atoms with Crippen molar-refractivity contribution in [2.24, 2.45) is 0 Å². The summed E-state index contributed by atoms with van der Waals surface area (Å²) in [6, 6.07) is 10.1. The molecule has 0 atom stereocenters. The number of nitrogens with zero attached hydrogens (tertiary/aromatic N) is 2. The number of esters is 2. The van der Waals surface area contributed by atoms with Gasteiger partial charge in [-0.25, -0.2) is 14.6 Å². The predicted octanol–water partition coefficient (Wildman–Crippen LogP) is 6.60. The third-order valence-corrected chi connectivity index (χ3v) is 6.84. The second kappa shape index (κ2) is 10.8.